The van der Waals surface area contributed by atoms with Crippen LogP contribution in [-0.2, 0) is 22.5 Å². The van der Waals surface area contributed by atoms with Gasteiger partial charge in [-0.05, 0) is 95.7 Å². The number of hydrogen-bond donors (Lipinski definition) is 0. The number of hydrogen-bond acceptors (Lipinski definition) is 5. The zero-order chi connectivity index (χ0) is 27.9. The van der Waals surface area contributed by atoms with Crippen molar-refractivity contribution in [3.05, 3.63) is 59.7 Å². The third kappa shape index (κ3) is 8.14. The van der Waals surface area contributed by atoms with E-state index in [1.807, 2.05) is 79.1 Å². The van der Waals surface area contributed by atoms with Gasteiger partial charge in [0.1, 0.15) is 17.1 Å². The molecule has 2 aromatic carbocycles. The van der Waals surface area contributed by atoms with Crippen LogP contribution in [0.5, 0.6) is 11.5 Å². The van der Waals surface area contributed by atoms with Gasteiger partial charge in [0.2, 0.25) is 0 Å². The number of urea groups is 1. The van der Waals surface area contributed by atoms with E-state index in [1.54, 1.807) is 21.0 Å². The number of methoxy groups -OCH3 is 1. The van der Waals surface area contributed by atoms with E-state index in [0.717, 1.165) is 50.1 Å². The number of amides is 2. The molecule has 0 N–H and O–H groups in total. The maximum absolute atomic E-state index is 13.1. The summed E-state index contributed by atoms with van der Waals surface area (Å²) in [5.41, 5.74) is 0.632. The molecule has 208 valence electrons. The van der Waals surface area contributed by atoms with E-state index in [2.05, 4.69) is 6.92 Å². The summed E-state index contributed by atoms with van der Waals surface area (Å²) in [6, 6.07) is 16.1. The first-order valence-corrected chi connectivity index (χ1v) is 13.6. The Balaban J connectivity index is 1.54. The third-order valence-electron chi connectivity index (χ3n) is 6.55. The van der Waals surface area contributed by atoms with Crippen molar-refractivity contribution in [1.29, 1.82) is 0 Å². The molecule has 0 spiro atoms. The smallest absolute Gasteiger partial charge is 0.350 e. The first kappa shape index (κ1) is 29.3. The minimum atomic E-state index is -1.08. The van der Waals surface area contributed by atoms with E-state index >= 15 is 0 Å². The molecule has 0 aromatic heterocycles. The van der Waals surface area contributed by atoms with Gasteiger partial charge in [0.25, 0.3) is 0 Å². The highest BCUT2D eigenvalue weighted by Crippen LogP contribution is 2.26. The predicted molar refractivity (Wildman–Crippen MR) is 150 cm³/mol. The Morgan fingerprint density at radius 1 is 1.00 bits per heavy atom. The molecule has 1 aliphatic heterocycles. The first-order chi connectivity index (χ1) is 17.9. The van der Waals surface area contributed by atoms with Crippen molar-refractivity contribution >= 4 is 12.0 Å². The summed E-state index contributed by atoms with van der Waals surface area (Å²) in [5.74, 6) is 1.05. The highest BCUT2D eigenvalue weighted by Gasteiger charge is 2.36. The quantitative estimate of drug-likeness (QED) is 0.308. The van der Waals surface area contributed by atoms with Gasteiger partial charge in [-0.25, -0.2) is 9.59 Å². The molecule has 0 aliphatic carbocycles. The normalized spacial score (nSPS) is 16.1. The number of carbonyl (C=O) groups excluding carboxylic acids is 2. The van der Waals surface area contributed by atoms with E-state index in [0.29, 0.717) is 12.3 Å². The number of aryl methyl sites for hydroxylation is 1. The predicted octanol–water partition coefficient (Wildman–Crippen LogP) is 6.23. The van der Waals surface area contributed by atoms with E-state index < -0.39 is 17.2 Å². The summed E-state index contributed by atoms with van der Waals surface area (Å²) >= 11 is 0. The average Bonchev–Trinajstić information content (AvgIpc) is 3.13. The molecule has 7 heteroatoms. The molecule has 1 heterocycles. The monoisotopic (exact) mass is 524 g/mol. The summed E-state index contributed by atoms with van der Waals surface area (Å²) in [6.07, 6.45) is 3.78. The van der Waals surface area contributed by atoms with Crippen LogP contribution in [0.3, 0.4) is 0 Å². The number of carbonyl (C=O) groups is 2. The fourth-order valence-corrected chi connectivity index (χ4v) is 4.66. The number of benzene rings is 2. The molecule has 1 fully saturated rings. The summed E-state index contributed by atoms with van der Waals surface area (Å²) in [4.78, 5) is 29.6. The van der Waals surface area contributed by atoms with Crippen LogP contribution in [0.25, 0.3) is 0 Å². The minimum absolute atomic E-state index is 0.119. The SMILES string of the molecule is CCCN1C(=O)N(Cc2cccc(OC)c2)CC1CCCc1ccc(OC(C)(C)C(=O)OC(C)(C)C)cc1. The Hall–Kier alpha value is -3.22. The second kappa shape index (κ2) is 12.5. The van der Waals surface area contributed by atoms with Crippen LogP contribution >= 0.6 is 0 Å². The molecule has 2 aromatic rings. The Morgan fingerprint density at radius 2 is 1.71 bits per heavy atom. The fourth-order valence-electron chi connectivity index (χ4n) is 4.66. The van der Waals surface area contributed by atoms with Crippen molar-refractivity contribution in [3.8, 4) is 11.5 Å². The zero-order valence-electron chi connectivity index (χ0n) is 24.1. The average molecular weight is 525 g/mol. The molecule has 0 bridgehead atoms. The lowest BCUT2D eigenvalue weighted by atomic mass is 10.0. The topological polar surface area (TPSA) is 68.3 Å². The molecule has 3 rings (SSSR count). The van der Waals surface area contributed by atoms with Crippen LogP contribution in [-0.4, -0.2) is 59.2 Å². The van der Waals surface area contributed by atoms with Crippen LogP contribution in [0.15, 0.2) is 48.5 Å². The van der Waals surface area contributed by atoms with Crippen LogP contribution < -0.4 is 9.47 Å². The molecule has 1 atom stereocenters. The van der Waals surface area contributed by atoms with Crippen molar-refractivity contribution in [1.82, 2.24) is 9.80 Å². The van der Waals surface area contributed by atoms with Gasteiger partial charge in [-0.15, -0.1) is 0 Å². The highest BCUT2D eigenvalue weighted by molar-refractivity contribution is 5.79. The molecule has 2 amide bonds. The lowest BCUT2D eigenvalue weighted by Gasteiger charge is -2.29. The Labute approximate surface area is 228 Å². The van der Waals surface area contributed by atoms with Gasteiger partial charge in [0.05, 0.1) is 13.2 Å². The molecule has 1 aliphatic rings. The van der Waals surface area contributed by atoms with Crippen molar-refractivity contribution in [2.75, 3.05) is 20.2 Å². The summed E-state index contributed by atoms with van der Waals surface area (Å²) < 4.78 is 16.8. The molecular formula is C31H44N2O5. The van der Waals surface area contributed by atoms with Gasteiger partial charge in [0, 0.05) is 19.6 Å². The molecule has 1 unspecified atom stereocenters. The van der Waals surface area contributed by atoms with Crippen molar-refractivity contribution in [2.24, 2.45) is 0 Å². The van der Waals surface area contributed by atoms with Crippen molar-refractivity contribution in [2.45, 2.75) is 91.0 Å². The Bertz CT molecular complexity index is 1070. The Kier molecular flexibility index (Phi) is 9.69. The summed E-state index contributed by atoms with van der Waals surface area (Å²) in [5, 5.41) is 0. The molecular weight excluding hydrogens is 480 g/mol. The maximum atomic E-state index is 13.1. The van der Waals surface area contributed by atoms with Gasteiger partial charge in [-0.3, -0.25) is 0 Å². The lowest BCUT2D eigenvalue weighted by Crippen LogP contribution is -2.43. The van der Waals surface area contributed by atoms with E-state index in [-0.39, 0.29) is 12.1 Å². The summed E-state index contributed by atoms with van der Waals surface area (Å²) in [7, 11) is 1.66. The van der Waals surface area contributed by atoms with E-state index in [4.69, 9.17) is 14.2 Å². The maximum Gasteiger partial charge on any atom is 0.350 e. The largest absolute Gasteiger partial charge is 0.497 e. The molecule has 38 heavy (non-hydrogen) atoms. The van der Waals surface area contributed by atoms with Crippen LogP contribution in [0.1, 0.15) is 71.9 Å². The fraction of sp³-hybridized carbons (Fsp3) is 0.548. The second-order valence-corrected chi connectivity index (χ2v) is 11.5. The minimum Gasteiger partial charge on any atom is -0.497 e. The van der Waals surface area contributed by atoms with Gasteiger partial charge in [-0.1, -0.05) is 31.2 Å². The Morgan fingerprint density at radius 3 is 2.34 bits per heavy atom. The molecule has 1 saturated heterocycles. The number of esters is 1. The van der Waals surface area contributed by atoms with E-state index in [1.165, 1.54) is 5.56 Å². The van der Waals surface area contributed by atoms with Crippen LogP contribution in [0, 0.1) is 0 Å². The zero-order valence-corrected chi connectivity index (χ0v) is 24.1. The van der Waals surface area contributed by atoms with Crippen LogP contribution in [0.4, 0.5) is 4.79 Å². The van der Waals surface area contributed by atoms with E-state index in [9.17, 15) is 9.59 Å². The van der Waals surface area contributed by atoms with Crippen molar-refractivity contribution in [3.63, 3.8) is 0 Å². The van der Waals surface area contributed by atoms with Gasteiger partial charge >= 0.3 is 12.0 Å². The second-order valence-electron chi connectivity index (χ2n) is 11.5. The van der Waals surface area contributed by atoms with Gasteiger partial charge < -0.3 is 24.0 Å². The van der Waals surface area contributed by atoms with Gasteiger partial charge in [0.15, 0.2) is 5.60 Å². The molecule has 0 saturated carbocycles. The van der Waals surface area contributed by atoms with Crippen LogP contribution in [0.2, 0.25) is 0 Å². The standard InChI is InChI=1S/C31H44N2O5/c1-8-19-33-25(22-32(29(33)35)21-24-12-10-14-27(20-24)36-7)13-9-11-23-15-17-26(18-16-23)37-31(5,6)28(34)38-30(2,3)4/h10,12,14-18,20,25H,8-9,11,13,19,21-22H2,1-7H3. The highest BCUT2D eigenvalue weighted by atomic mass is 16.6. The number of nitrogens with zero attached hydrogens (tertiary/aromatic N) is 2. The lowest BCUT2D eigenvalue weighted by molar-refractivity contribution is -0.170. The van der Waals surface area contributed by atoms with Gasteiger partial charge in [-0.2, -0.15) is 0 Å². The summed E-state index contributed by atoms with van der Waals surface area (Å²) in [6.45, 7) is 13.2. The molecule has 0 radical (unpaired) electrons. The first-order valence-electron chi connectivity index (χ1n) is 13.6. The third-order valence-corrected chi connectivity index (χ3v) is 6.55. The van der Waals surface area contributed by atoms with Crippen molar-refractivity contribution < 1.29 is 23.8 Å². The molecule has 7 nitrogen and oxygen atoms in total. The number of ether oxygens (including phenoxy) is 3. The number of rotatable bonds is 12.